The summed E-state index contributed by atoms with van der Waals surface area (Å²) in [6.07, 6.45) is 4.42. The summed E-state index contributed by atoms with van der Waals surface area (Å²) in [6, 6.07) is 5.18. The number of hydrogen-bond donors (Lipinski definition) is 1. The van der Waals surface area contributed by atoms with Crippen LogP contribution in [0.1, 0.15) is 36.5 Å². The van der Waals surface area contributed by atoms with Crippen LogP contribution in [0.15, 0.2) is 24.3 Å². The van der Waals surface area contributed by atoms with E-state index in [0.29, 0.717) is 31.0 Å². The number of rotatable bonds is 6. The van der Waals surface area contributed by atoms with Gasteiger partial charge in [0.25, 0.3) is 0 Å². The summed E-state index contributed by atoms with van der Waals surface area (Å²) < 4.78 is 4.88. The molecule has 1 aromatic rings. The maximum Gasteiger partial charge on any atom is 0.356 e. The molecule has 1 N–H and O–H groups in total. The van der Waals surface area contributed by atoms with Gasteiger partial charge in [-0.25, -0.2) is 9.78 Å². The average Bonchev–Trinajstić information content (AvgIpc) is 2.38. The Morgan fingerprint density at radius 3 is 2.89 bits per heavy atom. The number of amides is 1. The van der Waals surface area contributed by atoms with Crippen molar-refractivity contribution in [1.82, 2.24) is 10.3 Å². The van der Waals surface area contributed by atoms with Crippen LogP contribution in [0, 0.1) is 0 Å². The fraction of sp³-hybridized carbons (Fsp3) is 0.357. The molecule has 5 nitrogen and oxygen atoms in total. The molecular formula is C14H18N2O3. The van der Waals surface area contributed by atoms with Crippen LogP contribution in [0.4, 0.5) is 0 Å². The largest absolute Gasteiger partial charge is 0.461 e. The maximum atomic E-state index is 11.5. The van der Waals surface area contributed by atoms with Gasteiger partial charge in [-0.15, -0.1) is 0 Å². The van der Waals surface area contributed by atoms with Gasteiger partial charge in [-0.05, 0) is 31.6 Å². The summed E-state index contributed by atoms with van der Waals surface area (Å²) in [5.74, 6) is -0.466. The van der Waals surface area contributed by atoms with Gasteiger partial charge >= 0.3 is 5.97 Å². The lowest BCUT2D eigenvalue weighted by Crippen LogP contribution is -2.20. The molecule has 1 aromatic heterocycles. The highest BCUT2D eigenvalue weighted by molar-refractivity contribution is 5.87. The average molecular weight is 262 g/mol. The lowest BCUT2D eigenvalue weighted by Gasteiger charge is -2.01. The van der Waals surface area contributed by atoms with Crippen LogP contribution in [0.3, 0.4) is 0 Å². The van der Waals surface area contributed by atoms with Gasteiger partial charge in [-0.3, -0.25) is 4.79 Å². The molecule has 0 saturated heterocycles. The summed E-state index contributed by atoms with van der Waals surface area (Å²) in [5.41, 5.74) is 0.985. The maximum absolute atomic E-state index is 11.5. The predicted molar refractivity (Wildman–Crippen MR) is 72.5 cm³/mol. The topological polar surface area (TPSA) is 68.3 Å². The van der Waals surface area contributed by atoms with Crippen LogP contribution >= 0.6 is 0 Å². The highest BCUT2D eigenvalue weighted by atomic mass is 16.5. The van der Waals surface area contributed by atoms with E-state index in [4.69, 9.17) is 4.74 Å². The van der Waals surface area contributed by atoms with Gasteiger partial charge in [-0.2, -0.15) is 0 Å². The molecule has 0 aliphatic heterocycles. The molecule has 0 aromatic carbocycles. The minimum absolute atomic E-state index is 0.0455. The second kappa shape index (κ2) is 8.02. The molecule has 5 heteroatoms. The molecular weight excluding hydrogens is 244 g/mol. The Morgan fingerprint density at radius 1 is 1.42 bits per heavy atom. The standard InChI is InChI=1S/C14H18N2O3/c1-3-19-14(18)13-9-6-8-12(16-13)7-4-5-10-15-11(2)17/h4,6-9H,3,5,10H2,1-2H3,(H,15,17). The van der Waals surface area contributed by atoms with Crippen molar-refractivity contribution in [2.45, 2.75) is 20.3 Å². The fourth-order valence-electron chi connectivity index (χ4n) is 1.40. The first-order valence-electron chi connectivity index (χ1n) is 6.18. The van der Waals surface area contributed by atoms with Gasteiger partial charge in [-0.1, -0.05) is 12.1 Å². The first-order chi connectivity index (χ1) is 9.13. The Morgan fingerprint density at radius 2 is 2.21 bits per heavy atom. The van der Waals surface area contributed by atoms with E-state index < -0.39 is 5.97 Å². The molecule has 0 bridgehead atoms. The molecule has 0 fully saturated rings. The summed E-state index contributed by atoms with van der Waals surface area (Å²) >= 11 is 0. The summed E-state index contributed by atoms with van der Waals surface area (Å²) in [5, 5.41) is 2.69. The molecule has 0 atom stereocenters. The van der Waals surface area contributed by atoms with Crippen molar-refractivity contribution in [2.24, 2.45) is 0 Å². The Kier molecular flexibility index (Phi) is 6.29. The molecule has 0 unspecified atom stereocenters. The van der Waals surface area contributed by atoms with Crippen molar-refractivity contribution in [3.63, 3.8) is 0 Å². The monoisotopic (exact) mass is 262 g/mol. The first kappa shape index (κ1) is 14.9. The van der Waals surface area contributed by atoms with Crippen molar-refractivity contribution < 1.29 is 14.3 Å². The Labute approximate surface area is 112 Å². The van der Waals surface area contributed by atoms with Crippen molar-refractivity contribution in [2.75, 3.05) is 13.2 Å². The molecule has 1 heterocycles. The van der Waals surface area contributed by atoms with E-state index in [9.17, 15) is 9.59 Å². The van der Waals surface area contributed by atoms with E-state index in [-0.39, 0.29) is 5.91 Å². The smallest absolute Gasteiger partial charge is 0.356 e. The van der Waals surface area contributed by atoms with E-state index >= 15 is 0 Å². The first-order valence-corrected chi connectivity index (χ1v) is 6.18. The van der Waals surface area contributed by atoms with Gasteiger partial charge in [0.2, 0.25) is 5.91 Å². The minimum Gasteiger partial charge on any atom is -0.461 e. The summed E-state index contributed by atoms with van der Waals surface area (Å²) in [4.78, 5) is 26.3. The summed E-state index contributed by atoms with van der Waals surface area (Å²) in [6.45, 7) is 4.15. The highest BCUT2D eigenvalue weighted by Gasteiger charge is 2.07. The predicted octanol–water partition coefficient (Wildman–Crippen LogP) is 1.80. The zero-order chi connectivity index (χ0) is 14.1. The minimum atomic E-state index is -0.420. The van der Waals surface area contributed by atoms with Crippen LogP contribution < -0.4 is 5.32 Å². The Balaban J connectivity index is 2.54. The number of esters is 1. The zero-order valence-corrected chi connectivity index (χ0v) is 11.2. The lowest BCUT2D eigenvalue weighted by molar-refractivity contribution is -0.118. The number of carbonyl (C=O) groups is 2. The van der Waals surface area contributed by atoms with Crippen LogP contribution in [-0.4, -0.2) is 30.0 Å². The van der Waals surface area contributed by atoms with Crippen LogP contribution in [0.25, 0.3) is 6.08 Å². The van der Waals surface area contributed by atoms with Crippen LogP contribution in [-0.2, 0) is 9.53 Å². The molecule has 1 amide bonds. The molecule has 0 aliphatic rings. The van der Waals surface area contributed by atoms with Gasteiger partial charge in [0.1, 0.15) is 5.69 Å². The van der Waals surface area contributed by atoms with Gasteiger partial charge in [0, 0.05) is 13.5 Å². The van der Waals surface area contributed by atoms with Crippen molar-refractivity contribution >= 4 is 18.0 Å². The third kappa shape index (κ3) is 5.81. The Hall–Kier alpha value is -2.17. The fourth-order valence-corrected chi connectivity index (χ4v) is 1.40. The number of hydrogen-bond acceptors (Lipinski definition) is 4. The van der Waals surface area contributed by atoms with E-state index in [1.54, 1.807) is 25.1 Å². The lowest BCUT2D eigenvalue weighted by atomic mass is 10.2. The SMILES string of the molecule is CCOC(=O)c1cccc(C=CCCNC(C)=O)n1. The zero-order valence-electron chi connectivity index (χ0n) is 11.2. The molecule has 0 aliphatic carbocycles. The number of nitrogens with zero attached hydrogens (tertiary/aromatic N) is 1. The third-order valence-electron chi connectivity index (χ3n) is 2.23. The normalized spacial score (nSPS) is 10.4. The molecule has 19 heavy (non-hydrogen) atoms. The van der Waals surface area contributed by atoms with E-state index in [1.807, 2.05) is 12.2 Å². The van der Waals surface area contributed by atoms with E-state index in [1.165, 1.54) is 6.92 Å². The number of pyridine rings is 1. The van der Waals surface area contributed by atoms with Gasteiger partial charge in [0.05, 0.1) is 12.3 Å². The van der Waals surface area contributed by atoms with Gasteiger partial charge < -0.3 is 10.1 Å². The quantitative estimate of drug-likeness (QED) is 0.627. The van der Waals surface area contributed by atoms with Crippen LogP contribution in [0.2, 0.25) is 0 Å². The Bertz CT molecular complexity index is 470. The molecule has 1 rings (SSSR count). The highest BCUT2D eigenvalue weighted by Crippen LogP contribution is 2.04. The number of nitrogens with one attached hydrogen (secondary N) is 1. The summed E-state index contributed by atoms with van der Waals surface area (Å²) in [7, 11) is 0. The van der Waals surface area contributed by atoms with Crippen LogP contribution in [0.5, 0.6) is 0 Å². The number of carbonyl (C=O) groups excluding carboxylic acids is 2. The second-order valence-electron chi connectivity index (χ2n) is 3.84. The second-order valence-corrected chi connectivity index (χ2v) is 3.84. The number of ether oxygens (including phenoxy) is 1. The molecule has 0 spiro atoms. The molecule has 0 saturated carbocycles. The van der Waals surface area contributed by atoms with E-state index in [0.717, 1.165) is 0 Å². The molecule has 0 radical (unpaired) electrons. The third-order valence-corrected chi connectivity index (χ3v) is 2.23. The van der Waals surface area contributed by atoms with Crippen molar-refractivity contribution in [3.05, 3.63) is 35.7 Å². The van der Waals surface area contributed by atoms with Crippen molar-refractivity contribution in [3.8, 4) is 0 Å². The van der Waals surface area contributed by atoms with Gasteiger partial charge in [0.15, 0.2) is 0 Å². The number of aromatic nitrogens is 1. The van der Waals surface area contributed by atoms with Crippen molar-refractivity contribution in [1.29, 1.82) is 0 Å². The molecule has 102 valence electrons. The van der Waals surface area contributed by atoms with E-state index in [2.05, 4.69) is 10.3 Å².